The quantitative estimate of drug-likeness (QED) is 0.383. The third-order valence-corrected chi connectivity index (χ3v) is 6.66. The molecule has 0 N–H and O–H groups in total. The fourth-order valence-electron chi connectivity index (χ4n) is 5.00. The van der Waals surface area contributed by atoms with Crippen molar-refractivity contribution < 1.29 is 0 Å². The van der Waals surface area contributed by atoms with Crippen molar-refractivity contribution in [3.05, 3.63) is 83.9 Å². The fraction of sp³-hybridized carbons (Fsp3) is 0.379. The van der Waals surface area contributed by atoms with E-state index in [0.717, 1.165) is 18.3 Å². The summed E-state index contributed by atoms with van der Waals surface area (Å²) < 4.78 is 0. The van der Waals surface area contributed by atoms with Gasteiger partial charge in [0.25, 0.3) is 0 Å². The van der Waals surface area contributed by atoms with Crippen LogP contribution in [0.1, 0.15) is 69.4 Å². The first kappa shape index (κ1) is 20.0. The van der Waals surface area contributed by atoms with Crippen LogP contribution in [-0.2, 0) is 6.42 Å². The molecule has 0 heterocycles. The van der Waals surface area contributed by atoms with E-state index in [0.29, 0.717) is 0 Å². The smallest absolute Gasteiger partial charge is 0.0159 e. The molecule has 0 saturated heterocycles. The van der Waals surface area contributed by atoms with Gasteiger partial charge in [-0.15, -0.1) is 0 Å². The van der Waals surface area contributed by atoms with Crippen LogP contribution in [0.25, 0.3) is 22.3 Å². The minimum absolute atomic E-state index is 0.777. The molecule has 0 nitrogen and oxygen atoms in total. The van der Waals surface area contributed by atoms with Gasteiger partial charge in [-0.05, 0) is 70.9 Å². The third-order valence-electron chi connectivity index (χ3n) is 6.66. The number of hydrogen-bond acceptors (Lipinski definition) is 0. The van der Waals surface area contributed by atoms with Gasteiger partial charge in [-0.3, -0.25) is 0 Å². The van der Waals surface area contributed by atoms with Crippen LogP contribution in [-0.4, -0.2) is 0 Å². The van der Waals surface area contributed by atoms with Crippen LogP contribution in [0.4, 0.5) is 0 Å². The van der Waals surface area contributed by atoms with Gasteiger partial charge in [0.15, 0.2) is 0 Å². The molecule has 0 aliphatic heterocycles. The zero-order valence-corrected chi connectivity index (χ0v) is 18.0. The van der Waals surface area contributed by atoms with Gasteiger partial charge in [-0.25, -0.2) is 0 Å². The van der Waals surface area contributed by atoms with Crippen LogP contribution >= 0.6 is 0 Å². The average Bonchev–Trinajstić information content (AvgIpc) is 3.24. The Morgan fingerprint density at radius 1 is 0.621 bits per heavy atom. The zero-order valence-electron chi connectivity index (χ0n) is 18.0. The van der Waals surface area contributed by atoms with Crippen molar-refractivity contribution in [3.63, 3.8) is 0 Å². The van der Waals surface area contributed by atoms with E-state index in [1.54, 1.807) is 0 Å². The molecule has 1 aliphatic rings. The Bertz CT molecular complexity index is 884. The lowest BCUT2D eigenvalue weighted by Gasteiger charge is -2.12. The highest BCUT2D eigenvalue weighted by atomic mass is 14.3. The average molecular weight is 383 g/mol. The minimum atomic E-state index is 0.777. The van der Waals surface area contributed by atoms with Crippen molar-refractivity contribution in [2.45, 2.75) is 64.7 Å². The Balaban J connectivity index is 1.44. The zero-order chi connectivity index (χ0) is 20.1. The predicted molar refractivity (Wildman–Crippen MR) is 126 cm³/mol. The lowest BCUT2D eigenvalue weighted by molar-refractivity contribution is 0.489. The van der Waals surface area contributed by atoms with Crippen LogP contribution in [0.2, 0.25) is 0 Å². The van der Waals surface area contributed by atoms with E-state index in [-0.39, 0.29) is 0 Å². The molecule has 29 heavy (non-hydrogen) atoms. The van der Waals surface area contributed by atoms with Crippen molar-refractivity contribution in [3.8, 4) is 22.3 Å². The summed E-state index contributed by atoms with van der Waals surface area (Å²) >= 11 is 0. The van der Waals surface area contributed by atoms with Gasteiger partial charge in [0, 0.05) is 0 Å². The molecule has 0 bridgehead atoms. The summed E-state index contributed by atoms with van der Waals surface area (Å²) in [6.07, 6.45) is 9.27. The first-order valence-corrected chi connectivity index (χ1v) is 11.6. The molecule has 1 fully saturated rings. The van der Waals surface area contributed by atoms with Crippen LogP contribution in [0.3, 0.4) is 0 Å². The number of rotatable bonds is 7. The van der Waals surface area contributed by atoms with Gasteiger partial charge in [-0.1, -0.05) is 106 Å². The fourth-order valence-corrected chi connectivity index (χ4v) is 5.00. The molecule has 1 saturated carbocycles. The Kier molecular flexibility index (Phi) is 6.49. The van der Waals surface area contributed by atoms with Gasteiger partial charge in [0.2, 0.25) is 0 Å². The number of hydrogen-bond donors (Lipinski definition) is 0. The van der Waals surface area contributed by atoms with Gasteiger partial charge in [-0.2, -0.15) is 0 Å². The monoisotopic (exact) mass is 382 g/mol. The molecule has 0 heteroatoms. The van der Waals surface area contributed by atoms with Crippen LogP contribution in [0, 0.1) is 5.92 Å². The second-order valence-electron chi connectivity index (χ2n) is 8.81. The standard InChI is InChI=1S/C29H34/c1-3-5-22-7-10-24(11-8-22)25-13-15-26(16-14-25)27-17-19-28(20-18-27)29-12-9-23(21-29)6-4-2/h7-8,10-11,13-20,23,29H,3-6,9,12,21H2,1-2H3. The number of benzene rings is 3. The largest absolute Gasteiger partial charge is 0.0654 e. The van der Waals surface area contributed by atoms with E-state index in [9.17, 15) is 0 Å². The van der Waals surface area contributed by atoms with E-state index >= 15 is 0 Å². The first-order valence-electron chi connectivity index (χ1n) is 11.6. The lowest BCUT2D eigenvalue weighted by atomic mass is 9.93. The Hall–Kier alpha value is -2.34. The molecule has 2 unspecified atom stereocenters. The SMILES string of the molecule is CCCc1ccc(-c2ccc(-c3ccc(C4CCC(CCC)C4)cc3)cc2)cc1. The van der Waals surface area contributed by atoms with Gasteiger partial charge in [0.05, 0.1) is 0 Å². The maximum absolute atomic E-state index is 2.37. The molecule has 0 radical (unpaired) electrons. The summed E-state index contributed by atoms with van der Waals surface area (Å²) in [6.45, 7) is 4.55. The van der Waals surface area contributed by atoms with E-state index in [1.165, 1.54) is 71.9 Å². The molecule has 2 atom stereocenters. The predicted octanol–water partition coefficient (Wildman–Crippen LogP) is 8.66. The summed E-state index contributed by atoms with van der Waals surface area (Å²) in [4.78, 5) is 0. The summed E-state index contributed by atoms with van der Waals surface area (Å²) in [5.74, 6) is 1.73. The van der Waals surface area contributed by atoms with Crippen LogP contribution in [0.5, 0.6) is 0 Å². The molecule has 0 amide bonds. The summed E-state index contributed by atoms with van der Waals surface area (Å²) in [5.41, 5.74) is 8.18. The van der Waals surface area contributed by atoms with Crippen LogP contribution < -0.4 is 0 Å². The molecule has 3 aromatic rings. The second-order valence-corrected chi connectivity index (χ2v) is 8.81. The highest BCUT2D eigenvalue weighted by Crippen LogP contribution is 2.40. The molecular formula is C29H34. The van der Waals surface area contributed by atoms with Gasteiger partial charge < -0.3 is 0 Å². The molecule has 1 aliphatic carbocycles. The molecule has 0 spiro atoms. The summed E-state index contributed by atoms with van der Waals surface area (Å²) in [6, 6.07) is 27.4. The normalized spacial score (nSPS) is 18.8. The summed E-state index contributed by atoms with van der Waals surface area (Å²) in [7, 11) is 0. The second kappa shape index (κ2) is 9.44. The lowest BCUT2D eigenvalue weighted by Crippen LogP contribution is -1.95. The summed E-state index contributed by atoms with van der Waals surface area (Å²) in [5, 5.41) is 0. The van der Waals surface area contributed by atoms with E-state index in [2.05, 4.69) is 86.6 Å². The van der Waals surface area contributed by atoms with Gasteiger partial charge >= 0.3 is 0 Å². The van der Waals surface area contributed by atoms with Gasteiger partial charge in [0.1, 0.15) is 0 Å². The van der Waals surface area contributed by atoms with Crippen LogP contribution in [0.15, 0.2) is 72.8 Å². The maximum Gasteiger partial charge on any atom is -0.0159 e. The van der Waals surface area contributed by atoms with Crippen molar-refractivity contribution >= 4 is 0 Å². The molecular weight excluding hydrogens is 348 g/mol. The van der Waals surface area contributed by atoms with Crippen molar-refractivity contribution in [2.24, 2.45) is 5.92 Å². The highest BCUT2D eigenvalue weighted by Gasteiger charge is 2.24. The van der Waals surface area contributed by atoms with Crippen molar-refractivity contribution in [1.29, 1.82) is 0 Å². The van der Waals surface area contributed by atoms with Crippen molar-refractivity contribution in [1.82, 2.24) is 0 Å². The van der Waals surface area contributed by atoms with Crippen molar-refractivity contribution in [2.75, 3.05) is 0 Å². The highest BCUT2D eigenvalue weighted by molar-refractivity contribution is 5.70. The van der Waals surface area contributed by atoms with E-state index in [4.69, 9.17) is 0 Å². The van der Waals surface area contributed by atoms with E-state index in [1.807, 2.05) is 0 Å². The Morgan fingerprint density at radius 2 is 1.14 bits per heavy atom. The molecule has 3 aromatic carbocycles. The minimum Gasteiger partial charge on any atom is -0.0654 e. The molecule has 4 rings (SSSR count). The number of aryl methyl sites for hydroxylation is 1. The Morgan fingerprint density at radius 3 is 1.66 bits per heavy atom. The third kappa shape index (κ3) is 4.81. The Labute approximate surface area is 177 Å². The topological polar surface area (TPSA) is 0 Å². The maximum atomic E-state index is 2.37. The van der Waals surface area contributed by atoms with E-state index < -0.39 is 0 Å². The molecule has 0 aromatic heterocycles. The molecule has 150 valence electrons. The first-order chi connectivity index (χ1) is 14.3.